The molecule has 0 rings (SSSR count). The van der Waals surface area contributed by atoms with Gasteiger partial charge in [-0.25, -0.2) is 0 Å². The molecule has 0 radical (unpaired) electrons. The molecule has 3 nitrogen and oxygen atoms in total. The van der Waals surface area contributed by atoms with E-state index in [0.29, 0.717) is 6.61 Å². The first kappa shape index (κ1) is 14.9. The average Bonchev–Trinajstić information content (AvgIpc) is 2.09. The van der Waals surface area contributed by atoms with E-state index in [2.05, 4.69) is 26.1 Å². The molecule has 0 aliphatic heterocycles. The van der Waals surface area contributed by atoms with Crippen LogP contribution in [0.25, 0.3) is 0 Å². The lowest BCUT2D eigenvalue weighted by Crippen LogP contribution is -2.36. The van der Waals surface area contributed by atoms with Gasteiger partial charge < -0.3 is 14.8 Å². The number of hydrogen-bond acceptors (Lipinski definition) is 3. The lowest BCUT2D eigenvalue weighted by molar-refractivity contribution is 0.00773. The molecule has 0 heterocycles. The third kappa shape index (κ3) is 11.8. The van der Waals surface area contributed by atoms with Crippen LogP contribution in [0.4, 0.5) is 0 Å². The summed E-state index contributed by atoms with van der Waals surface area (Å²) in [6.07, 6.45) is 2.49. The van der Waals surface area contributed by atoms with E-state index in [1.165, 1.54) is 0 Å². The summed E-state index contributed by atoms with van der Waals surface area (Å²) in [5, 5.41) is 3.45. The highest BCUT2D eigenvalue weighted by Crippen LogP contribution is 2.00. The van der Waals surface area contributed by atoms with Crippen LogP contribution >= 0.6 is 0 Å². The third-order valence-corrected chi connectivity index (χ3v) is 2.03. The van der Waals surface area contributed by atoms with Gasteiger partial charge in [0.25, 0.3) is 0 Å². The lowest BCUT2D eigenvalue weighted by Gasteiger charge is -2.20. The maximum absolute atomic E-state index is 5.56. The van der Waals surface area contributed by atoms with Crippen LogP contribution in [0.2, 0.25) is 0 Å². The van der Waals surface area contributed by atoms with Gasteiger partial charge in [0.05, 0.1) is 12.7 Å². The van der Waals surface area contributed by atoms with E-state index in [0.717, 1.165) is 26.0 Å². The van der Waals surface area contributed by atoms with E-state index in [1.807, 2.05) is 6.92 Å². The van der Waals surface area contributed by atoms with E-state index in [4.69, 9.17) is 9.47 Å². The third-order valence-electron chi connectivity index (χ3n) is 2.03. The quantitative estimate of drug-likeness (QED) is 0.632. The molecule has 3 heteroatoms. The Labute approximate surface area is 94.5 Å². The molecule has 1 atom stereocenters. The van der Waals surface area contributed by atoms with Gasteiger partial charge in [0.2, 0.25) is 0 Å². The topological polar surface area (TPSA) is 30.5 Å². The zero-order valence-electron chi connectivity index (χ0n) is 10.9. The van der Waals surface area contributed by atoms with E-state index >= 15 is 0 Å². The fourth-order valence-electron chi connectivity index (χ4n) is 1.26. The van der Waals surface area contributed by atoms with Crippen molar-refractivity contribution in [3.63, 3.8) is 0 Å². The molecule has 0 aromatic carbocycles. The number of unbranched alkanes of at least 4 members (excludes halogenated alkanes) is 1. The van der Waals surface area contributed by atoms with Gasteiger partial charge in [0, 0.05) is 19.3 Å². The monoisotopic (exact) mass is 217 g/mol. The van der Waals surface area contributed by atoms with Crippen LogP contribution in [0.5, 0.6) is 0 Å². The zero-order chi connectivity index (χ0) is 11.7. The van der Waals surface area contributed by atoms with Crippen molar-refractivity contribution in [1.29, 1.82) is 0 Å². The first-order chi connectivity index (χ1) is 6.95. The molecule has 0 aliphatic rings. The summed E-state index contributed by atoms with van der Waals surface area (Å²) in [7, 11) is 1.70. The molecular formula is C12H27NO2. The van der Waals surface area contributed by atoms with Crippen molar-refractivity contribution in [3.05, 3.63) is 0 Å². The summed E-state index contributed by atoms with van der Waals surface area (Å²) in [5.41, 5.74) is 0.226. The predicted octanol–water partition coefficient (Wildman–Crippen LogP) is 2.21. The van der Waals surface area contributed by atoms with Gasteiger partial charge in [-0.15, -0.1) is 0 Å². The summed E-state index contributed by atoms with van der Waals surface area (Å²) in [5.74, 6) is 0. The average molecular weight is 217 g/mol. The van der Waals surface area contributed by atoms with Gasteiger partial charge in [-0.3, -0.25) is 0 Å². The highest BCUT2D eigenvalue weighted by atomic mass is 16.5. The van der Waals surface area contributed by atoms with Crippen molar-refractivity contribution < 1.29 is 9.47 Å². The van der Waals surface area contributed by atoms with Crippen molar-refractivity contribution in [2.24, 2.45) is 0 Å². The largest absolute Gasteiger partial charge is 0.382 e. The number of rotatable bonds is 8. The van der Waals surface area contributed by atoms with Gasteiger partial charge in [0.1, 0.15) is 0 Å². The van der Waals surface area contributed by atoms with Crippen molar-refractivity contribution in [1.82, 2.24) is 5.32 Å². The molecule has 1 N–H and O–H groups in total. The SMILES string of the molecule is COCC(C)OCCCCNC(C)(C)C. The Morgan fingerprint density at radius 2 is 1.87 bits per heavy atom. The normalized spacial score (nSPS) is 14.2. The Bertz CT molecular complexity index is 143. The molecular weight excluding hydrogens is 190 g/mol. The van der Waals surface area contributed by atoms with Gasteiger partial charge in [-0.05, 0) is 47.1 Å². The molecule has 15 heavy (non-hydrogen) atoms. The van der Waals surface area contributed by atoms with Crippen molar-refractivity contribution >= 4 is 0 Å². The maximum Gasteiger partial charge on any atom is 0.0780 e. The Kier molecular flexibility index (Phi) is 8.02. The molecule has 0 saturated carbocycles. The van der Waals surface area contributed by atoms with E-state index in [1.54, 1.807) is 7.11 Å². The van der Waals surface area contributed by atoms with Gasteiger partial charge in [0.15, 0.2) is 0 Å². The molecule has 0 aromatic heterocycles. The van der Waals surface area contributed by atoms with Crippen molar-refractivity contribution in [3.8, 4) is 0 Å². The maximum atomic E-state index is 5.56. The first-order valence-electron chi connectivity index (χ1n) is 5.81. The molecule has 1 unspecified atom stereocenters. The summed E-state index contributed by atoms with van der Waals surface area (Å²) in [4.78, 5) is 0. The van der Waals surface area contributed by atoms with E-state index in [9.17, 15) is 0 Å². The Morgan fingerprint density at radius 3 is 2.40 bits per heavy atom. The predicted molar refractivity (Wildman–Crippen MR) is 64.3 cm³/mol. The minimum absolute atomic E-state index is 0.213. The summed E-state index contributed by atoms with van der Waals surface area (Å²) in [6.45, 7) is 11.2. The molecule has 0 amide bonds. The number of methoxy groups -OCH3 is 1. The van der Waals surface area contributed by atoms with Gasteiger partial charge in [-0.2, -0.15) is 0 Å². The molecule has 0 aliphatic carbocycles. The highest BCUT2D eigenvalue weighted by molar-refractivity contribution is 4.69. The van der Waals surface area contributed by atoms with Crippen molar-refractivity contribution in [2.45, 2.75) is 52.2 Å². The minimum atomic E-state index is 0.213. The van der Waals surface area contributed by atoms with Crippen LogP contribution < -0.4 is 5.32 Å². The Hall–Kier alpha value is -0.120. The van der Waals surface area contributed by atoms with Crippen LogP contribution in [0, 0.1) is 0 Å². The van der Waals surface area contributed by atoms with Crippen LogP contribution in [0.1, 0.15) is 40.5 Å². The molecule has 0 bridgehead atoms. The van der Waals surface area contributed by atoms with E-state index < -0.39 is 0 Å². The summed E-state index contributed by atoms with van der Waals surface area (Å²) < 4.78 is 10.6. The minimum Gasteiger partial charge on any atom is -0.382 e. The zero-order valence-corrected chi connectivity index (χ0v) is 10.9. The number of ether oxygens (including phenoxy) is 2. The molecule has 0 fully saturated rings. The fourth-order valence-corrected chi connectivity index (χ4v) is 1.26. The second-order valence-corrected chi connectivity index (χ2v) is 5.02. The van der Waals surface area contributed by atoms with Crippen molar-refractivity contribution in [2.75, 3.05) is 26.9 Å². The standard InChI is InChI=1S/C12H27NO2/c1-11(10-14-5)15-9-7-6-8-13-12(2,3)4/h11,13H,6-10H2,1-5H3. The van der Waals surface area contributed by atoms with Crippen LogP contribution in [0.3, 0.4) is 0 Å². The van der Waals surface area contributed by atoms with Crippen LogP contribution in [-0.4, -0.2) is 38.5 Å². The molecule has 0 spiro atoms. The van der Waals surface area contributed by atoms with Gasteiger partial charge >= 0.3 is 0 Å². The fraction of sp³-hybridized carbons (Fsp3) is 1.00. The van der Waals surface area contributed by atoms with Gasteiger partial charge in [-0.1, -0.05) is 0 Å². The second-order valence-electron chi connectivity index (χ2n) is 5.02. The Balaban J connectivity index is 3.18. The lowest BCUT2D eigenvalue weighted by atomic mass is 10.1. The highest BCUT2D eigenvalue weighted by Gasteiger charge is 2.07. The molecule has 92 valence electrons. The summed E-state index contributed by atoms with van der Waals surface area (Å²) >= 11 is 0. The number of nitrogens with one attached hydrogen (secondary N) is 1. The van der Waals surface area contributed by atoms with E-state index in [-0.39, 0.29) is 11.6 Å². The first-order valence-corrected chi connectivity index (χ1v) is 5.81. The number of hydrogen-bond donors (Lipinski definition) is 1. The second kappa shape index (κ2) is 8.08. The Morgan fingerprint density at radius 1 is 1.20 bits per heavy atom. The van der Waals surface area contributed by atoms with Crippen LogP contribution in [-0.2, 0) is 9.47 Å². The summed E-state index contributed by atoms with van der Waals surface area (Å²) in [6, 6.07) is 0. The van der Waals surface area contributed by atoms with Crippen LogP contribution in [0.15, 0.2) is 0 Å². The smallest absolute Gasteiger partial charge is 0.0780 e. The molecule has 0 aromatic rings. The molecule has 0 saturated heterocycles.